The molecule has 0 N–H and O–H groups in total. The minimum absolute atomic E-state index is 0.177. The fourth-order valence-electron chi connectivity index (χ4n) is 2.98. The highest BCUT2D eigenvalue weighted by Gasteiger charge is 2.32. The molecule has 0 aromatic heterocycles. The van der Waals surface area contributed by atoms with Crippen molar-refractivity contribution in [2.24, 2.45) is 0 Å². The summed E-state index contributed by atoms with van der Waals surface area (Å²) in [6, 6.07) is 11.8. The number of anilines is 1. The zero-order valence-corrected chi connectivity index (χ0v) is 15.8. The normalized spacial score (nSPS) is 14.1. The Morgan fingerprint density at radius 3 is 2.46 bits per heavy atom. The summed E-state index contributed by atoms with van der Waals surface area (Å²) < 4.78 is 10.4. The molecule has 1 aliphatic heterocycles. The Balaban J connectivity index is 1.93. The average molecular weight is 380 g/mol. The molecule has 2 aromatic rings. The lowest BCUT2D eigenvalue weighted by atomic mass is 10.1. The maximum atomic E-state index is 12.8. The molecule has 0 radical (unpaired) electrons. The highest BCUT2D eigenvalue weighted by atomic mass is 16.5. The maximum Gasteiger partial charge on any atom is 0.257 e. The van der Waals surface area contributed by atoms with E-state index in [0.717, 1.165) is 4.90 Å². The summed E-state index contributed by atoms with van der Waals surface area (Å²) in [5, 5.41) is 0. The standard InChI is InChI=1S/C21H20N2O5/c1-22-13-20(25)23(16-7-5-4-6-15(16)21(22)26)19(24)11-9-14-8-10-17(27-2)18(12-14)28-3/h4-12H,13H2,1-3H3/b11-9+. The van der Waals surface area contributed by atoms with E-state index in [4.69, 9.17) is 9.47 Å². The van der Waals surface area contributed by atoms with Gasteiger partial charge in [-0.3, -0.25) is 14.4 Å². The summed E-state index contributed by atoms with van der Waals surface area (Å²) in [7, 11) is 4.60. The molecule has 7 nitrogen and oxygen atoms in total. The third-order valence-electron chi connectivity index (χ3n) is 4.39. The van der Waals surface area contributed by atoms with Gasteiger partial charge in [0.1, 0.15) is 6.54 Å². The molecule has 0 spiro atoms. The fraction of sp³-hybridized carbons (Fsp3) is 0.190. The third-order valence-corrected chi connectivity index (χ3v) is 4.39. The number of rotatable bonds is 4. The Hall–Kier alpha value is -3.61. The minimum atomic E-state index is -0.532. The molecule has 28 heavy (non-hydrogen) atoms. The Labute approximate surface area is 162 Å². The molecule has 0 atom stereocenters. The van der Waals surface area contributed by atoms with Gasteiger partial charge in [-0.15, -0.1) is 0 Å². The number of fused-ring (bicyclic) bond motifs is 1. The molecular weight excluding hydrogens is 360 g/mol. The first-order valence-electron chi connectivity index (χ1n) is 8.57. The van der Waals surface area contributed by atoms with Crippen molar-refractivity contribution >= 4 is 29.5 Å². The molecule has 0 bridgehead atoms. The Bertz CT molecular complexity index is 967. The maximum absolute atomic E-state index is 12.8. The quantitative estimate of drug-likeness (QED) is 0.761. The zero-order valence-electron chi connectivity index (χ0n) is 15.8. The highest BCUT2D eigenvalue weighted by molar-refractivity contribution is 6.24. The SMILES string of the molecule is COc1ccc(/C=C/C(=O)N2C(=O)CN(C)C(=O)c3ccccc32)cc1OC. The summed E-state index contributed by atoms with van der Waals surface area (Å²) in [6.45, 7) is -0.177. The molecule has 7 heteroatoms. The number of carbonyl (C=O) groups is 3. The van der Waals surface area contributed by atoms with Crippen LogP contribution in [0.5, 0.6) is 11.5 Å². The number of benzene rings is 2. The van der Waals surface area contributed by atoms with E-state index in [1.54, 1.807) is 48.5 Å². The second-order valence-corrected chi connectivity index (χ2v) is 6.19. The Morgan fingerprint density at radius 1 is 1.04 bits per heavy atom. The van der Waals surface area contributed by atoms with Crippen LogP contribution < -0.4 is 14.4 Å². The van der Waals surface area contributed by atoms with E-state index < -0.39 is 11.8 Å². The van der Waals surface area contributed by atoms with Gasteiger partial charge in [0.05, 0.1) is 25.5 Å². The number of hydrogen-bond acceptors (Lipinski definition) is 5. The smallest absolute Gasteiger partial charge is 0.257 e. The van der Waals surface area contributed by atoms with Crippen molar-refractivity contribution in [2.45, 2.75) is 0 Å². The first-order valence-corrected chi connectivity index (χ1v) is 8.57. The minimum Gasteiger partial charge on any atom is -0.493 e. The number of nitrogens with zero attached hydrogens (tertiary/aromatic N) is 2. The molecule has 3 rings (SSSR count). The summed E-state index contributed by atoms with van der Waals surface area (Å²) in [5.74, 6) is -0.203. The molecule has 0 aliphatic carbocycles. The molecule has 144 valence electrons. The van der Waals surface area contributed by atoms with Gasteiger partial charge in [0.25, 0.3) is 17.7 Å². The third kappa shape index (κ3) is 3.59. The summed E-state index contributed by atoms with van der Waals surface area (Å²) in [4.78, 5) is 40.2. The van der Waals surface area contributed by atoms with Gasteiger partial charge in [0.15, 0.2) is 11.5 Å². The number of likely N-dealkylation sites (N-methyl/N-ethyl adjacent to an activating group) is 1. The van der Waals surface area contributed by atoms with Crippen LogP contribution in [0.1, 0.15) is 15.9 Å². The number of para-hydroxylation sites is 1. The van der Waals surface area contributed by atoms with E-state index in [1.807, 2.05) is 0 Å². The highest BCUT2D eigenvalue weighted by Crippen LogP contribution is 2.29. The van der Waals surface area contributed by atoms with Crippen molar-refractivity contribution in [3.8, 4) is 11.5 Å². The van der Waals surface area contributed by atoms with E-state index in [0.29, 0.717) is 22.6 Å². The number of methoxy groups -OCH3 is 2. The molecule has 0 saturated carbocycles. The van der Waals surface area contributed by atoms with Crippen molar-refractivity contribution in [1.82, 2.24) is 4.90 Å². The van der Waals surface area contributed by atoms with Crippen LogP contribution in [0, 0.1) is 0 Å². The van der Waals surface area contributed by atoms with Crippen LogP contribution in [0.25, 0.3) is 6.08 Å². The second kappa shape index (κ2) is 7.96. The zero-order chi connectivity index (χ0) is 20.3. The van der Waals surface area contributed by atoms with Gasteiger partial charge >= 0.3 is 0 Å². The van der Waals surface area contributed by atoms with Crippen LogP contribution in [0.2, 0.25) is 0 Å². The largest absolute Gasteiger partial charge is 0.493 e. The van der Waals surface area contributed by atoms with Gasteiger partial charge in [-0.1, -0.05) is 18.2 Å². The second-order valence-electron chi connectivity index (χ2n) is 6.19. The van der Waals surface area contributed by atoms with Crippen molar-refractivity contribution in [3.05, 3.63) is 59.7 Å². The fourth-order valence-corrected chi connectivity index (χ4v) is 2.98. The topological polar surface area (TPSA) is 76.2 Å². The van der Waals surface area contributed by atoms with Gasteiger partial charge in [-0.05, 0) is 35.9 Å². The van der Waals surface area contributed by atoms with Gasteiger partial charge in [0.2, 0.25) is 0 Å². The van der Waals surface area contributed by atoms with Gasteiger partial charge in [-0.25, -0.2) is 4.90 Å². The van der Waals surface area contributed by atoms with Gasteiger partial charge < -0.3 is 14.4 Å². The number of imide groups is 1. The van der Waals surface area contributed by atoms with Crippen molar-refractivity contribution < 1.29 is 23.9 Å². The number of amides is 3. The van der Waals surface area contributed by atoms with Gasteiger partial charge in [0, 0.05) is 13.1 Å². The summed E-state index contributed by atoms with van der Waals surface area (Å²) in [6.07, 6.45) is 2.88. The van der Waals surface area contributed by atoms with E-state index in [-0.39, 0.29) is 18.1 Å². The Kier molecular flexibility index (Phi) is 5.44. The number of ether oxygens (including phenoxy) is 2. The first-order chi connectivity index (χ1) is 13.5. The van der Waals surface area contributed by atoms with Crippen LogP contribution in [0.15, 0.2) is 48.5 Å². The van der Waals surface area contributed by atoms with E-state index >= 15 is 0 Å². The van der Waals surface area contributed by atoms with E-state index in [1.165, 1.54) is 32.2 Å². The molecule has 0 saturated heterocycles. The van der Waals surface area contributed by atoms with Gasteiger partial charge in [-0.2, -0.15) is 0 Å². The number of carbonyl (C=O) groups excluding carboxylic acids is 3. The van der Waals surface area contributed by atoms with Crippen LogP contribution in [-0.4, -0.2) is 50.4 Å². The average Bonchev–Trinajstić information content (AvgIpc) is 2.80. The van der Waals surface area contributed by atoms with Crippen molar-refractivity contribution in [3.63, 3.8) is 0 Å². The van der Waals surface area contributed by atoms with Crippen LogP contribution >= 0.6 is 0 Å². The lowest BCUT2D eigenvalue weighted by molar-refractivity contribution is -0.124. The van der Waals surface area contributed by atoms with Crippen LogP contribution in [-0.2, 0) is 9.59 Å². The van der Waals surface area contributed by atoms with E-state index in [9.17, 15) is 14.4 Å². The van der Waals surface area contributed by atoms with Crippen molar-refractivity contribution in [2.75, 3.05) is 32.7 Å². The summed E-state index contributed by atoms with van der Waals surface area (Å²) in [5.41, 5.74) is 1.29. The molecule has 1 heterocycles. The molecule has 0 fully saturated rings. The molecule has 3 amide bonds. The Morgan fingerprint density at radius 2 is 1.75 bits per heavy atom. The van der Waals surface area contributed by atoms with Crippen LogP contribution in [0.4, 0.5) is 5.69 Å². The molecule has 2 aromatic carbocycles. The first kappa shape index (κ1) is 19.2. The molecular formula is C21H20N2O5. The monoisotopic (exact) mass is 380 g/mol. The summed E-state index contributed by atoms with van der Waals surface area (Å²) >= 11 is 0. The lowest BCUT2D eigenvalue weighted by Gasteiger charge is -2.18. The van der Waals surface area contributed by atoms with Crippen LogP contribution in [0.3, 0.4) is 0 Å². The predicted molar refractivity (Wildman–Crippen MR) is 104 cm³/mol. The molecule has 0 unspecified atom stereocenters. The number of hydrogen-bond donors (Lipinski definition) is 0. The van der Waals surface area contributed by atoms with E-state index in [2.05, 4.69) is 0 Å². The lowest BCUT2D eigenvalue weighted by Crippen LogP contribution is -2.40. The predicted octanol–water partition coefficient (Wildman–Crippen LogP) is 2.36. The molecule has 1 aliphatic rings. The van der Waals surface area contributed by atoms with Crippen molar-refractivity contribution in [1.29, 1.82) is 0 Å².